The normalized spacial score (nSPS) is 12.9. The Kier molecular flexibility index (Phi) is 26.8. The largest absolute Gasteiger partial charge is 0.460 e. The van der Waals surface area contributed by atoms with Gasteiger partial charge in [-0.05, 0) is 75.4 Å². The number of anilines is 1. The van der Waals surface area contributed by atoms with Gasteiger partial charge in [-0.25, -0.2) is 0 Å². The molecule has 0 saturated heterocycles. The Balaban J connectivity index is -0.000000757. The lowest BCUT2D eigenvalue weighted by Gasteiger charge is -2.20. The number of benzene rings is 1. The third-order valence-corrected chi connectivity index (χ3v) is 5.84. The molecule has 5 heteroatoms. The van der Waals surface area contributed by atoms with Gasteiger partial charge in [0.15, 0.2) is 0 Å². The Bertz CT molecular complexity index is 818. The van der Waals surface area contributed by atoms with Crippen LogP contribution in [-0.2, 0) is 9.53 Å². The van der Waals surface area contributed by atoms with E-state index < -0.39 is 0 Å². The van der Waals surface area contributed by atoms with Crippen molar-refractivity contribution in [1.82, 2.24) is 0 Å². The molecule has 1 aromatic rings. The third-order valence-electron chi connectivity index (χ3n) is 5.84. The molecule has 5 nitrogen and oxygen atoms in total. The van der Waals surface area contributed by atoms with Crippen molar-refractivity contribution in [3.63, 3.8) is 0 Å². The molecule has 2 atom stereocenters. The summed E-state index contributed by atoms with van der Waals surface area (Å²) in [5.74, 6) is 1.14. The Hall–Kier alpha value is -2.43. The summed E-state index contributed by atoms with van der Waals surface area (Å²) in [6.45, 7) is 32.9. The predicted molar refractivity (Wildman–Crippen MR) is 181 cm³/mol. The Morgan fingerprint density at radius 1 is 1.00 bits per heavy atom. The molecule has 0 aliphatic carbocycles. The monoisotopic (exact) mass is 560 g/mol. The van der Waals surface area contributed by atoms with Crippen LogP contribution in [0.2, 0.25) is 0 Å². The fourth-order valence-corrected chi connectivity index (χ4v) is 3.34. The number of aliphatic imine (C=N–C) groups is 2. The molecule has 0 saturated carbocycles. The topological polar surface area (TPSA) is 63.0 Å². The van der Waals surface area contributed by atoms with Crippen molar-refractivity contribution in [2.75, 3.05) is 12.0 Å². The van der Waals surface area contributed by atoms with Crippen molar-refractivity contribution >= 4 is 24.1 Å². The van der Waals surface area contributed by atoms with Crippen LogP contribution in [0, 0.1) is 11.8 Å². The van der Waals surface area contributed by atoms with E-state index in [9.17, 15) is 4.79 Å². The van der Waals surface area contributed by atoms with E-state index in [2.05, 4.69) is 89.8 Å². The SMILES string of the molecule is C=N/C=C(CCC)\C(CC)=N/CNc1ccc(C(C)C(C)CC)cc1.CC.CC(C)C(=O)OC(C)(C)C.CCC. The van der Waals surface area contributed by atoms with Crippen LogP contribution in [0.5, 0.6) is 0 Å². The van der Waals surface area contributed by atoms with E-state index in [0.29, 0.717) is 18.5 Å². The molecule has 0 heterocycles. The van der Waals surface area contributed by atoms with Crippen LogP contribution in [-0.4, -0.2) is 30.7 Å². The smallest absolute Gasteiger partial charge is 0.308 e. The molecule has 0 aliphatic heterocycles. The van der Waals surface area contributed by atoms with E-state index >= 15 is 0 Å². The summed E-state index contributed by atoms with van der Waals surface area (Å²) in [7, 11) is 0. The second kappa shape index (κ2) is 25.5. The second-order valence-electron chi connectivity index (χ2n) is 11.1. The summed E-state index contributed by atoms with van der Waals surface area (Å²) in [6.07, 6.45) is 7.30. The minimum atomic E-state index is -0.346. The van der Waals surface area contributed by atoms with E-state index in [4.69, 9.17) is 9.73 Å². The van der Waals surface area contributed by atoms with Gasteiger partial charge in [-0.3, -0.25) is 14.8 Å². The molecule has 40 heavy (non-hydrogen) atoms. The number of hydrogen-bond acceptors (Lipinski definition) is 5. The van der Waals surface area contributed by atoms with E-state index in [0.717, 1.165) is 30.7 Å². The highest BCUT2D eigenvalue weighted by Crippen LogP contribution is 2.27. The van der Waals surface area contributed by atoms with Gasteiger partial charge in [0.2, 0.25) is 0 Å². The van der Waals surface area contributed by atoms with Crippen LogP contribution < -0.4 is 5.32 Å². The maximum atomic E-state index is 10.9. The molecule has 2 unspecified atom stereocenters. The summed E-state index contributed by atoms with van der Waals surface area (Å²) >= 11 is 0. The maximum Gasteiger partial charge on any atom is 0.308 e. The lowest BCUT2D eigenvalue weighted by Crippen LogP contribution is -2.26. The van der Waals surface area contributed by atoms with Crippen molar-refractivity contribution in [2.45, 2.75) is 141 Å². The van der Waals surface area contributed by atoms with Crippen LogP contribution in [0.4, 0.5) is 5.69 Å². The molecule has 1 aromatic carbocycles. The van der Waals surface area contributed by atoms with Gasteiger partial charge >= 0.3 is 5.97 Å². The number of carbonyl (C=O) groups excluding carboxylic acids is 1. The molecule has 0 fully saturated rings. The summed E-state index contributed by atoms with van der Waals surface area (Å²) in [5.41, 5.74) is 4.48. The van der Waals surface area contributed by atoms with Crippen molar-refractivity contribution in [3.05, 3.63) is 41.6 Å². The average molecular weight is 560 g/mol. The van der Waals surface area contributed by atoms with Crippen LogP contribution in [0.25, 0.3) is 0 Å². The Morgan fingerprint density at radius 2 is 1.52 bits per heavy atom. The second-order valence-corrected chi connectivity index (χ2v) is 11.1. The zero-order valence-corrected chi connectivity index (χ0v) is 28.8. The number of rotatable bonds is 12. The highest BCUT2D eigenvalue weighted by atomic mass is 16.6. The number of nitrogens with one attached hydrogen (secondary N) is 1. The van der Waals surface area contributed by atoms with Crippen molar-refractivity contribution < 1.29 is 9.53 Å². The fourth-order valence-electron chi connectivity index (χ4n) is 3.34. The van der Waals surface area contributed by atoms with Gasteiger partial charge in [0.1, 0.15) is 12.3 Å². The first-order valence-corrected chi connectivity index (χ1v) is 15.6. The highest BCUT2D eigenvalue weighted by Gasteiger charge is 2.18. The molecular formula is C35H65N3O2. The van der Waals surface area contributed by atoms with Gasteiger partial charge < -0.3 is 10.1 Å². The van der Waals surface area contributed by atoms with E-state index in [-0.39, 0.29) is 17.5 Å². The zero-order valence-electron chi connectivity index (χ0n) is 28.8. The van der Waals surface area contributed by atoms with Gasteiger partial charge in [-0.15, -0.1) is 0 Å². The number of ether oxygens (including phenoxy) is 1. The summed E-state index contributed by atoms with van der Waals surface area (Å²) in [5, 5.41) is 3.40. The quantitative estimate of drug-likeness (QED) is 0.205. The van der Waals surface area contributed by atoms with Crippen LogP contribution in [0.3, 0.4) is 0 Å². The Labute approximate surface area is 249 Å². The summed E-state index contributed by atoms with van der Waals surface area (Å²) in [6, 6.07) is 8.77. The van der Waals surface area contributed by atoms with Crippen LogP contribution in [0.15, 0.2) is 46.0 Å². The first kappa shape index (κ1) is 42.0. The molecule has 0 amide bonds. The highest BCUT2D eigenvalue weighted by molar-refractivity contribution is 6.00. The fraction of sp³-hybridized carbons (Fsp3) is 0.686. The van der Waals surface area contributed by atoms with Gasteiger partial charge in [0.25, 0.3) is 0 Å². The summed E-state index contributed by atoms with van der Waals surface area (Å²) in [4.78, 5) is 19.6. The molecule has 1 N–H and O–H groups in total. The number of nitrogens with zero attached hydrogens (tertiary/aromatic N) is 2. The molecule has 0 bridgehead atoms. The predicted octanol–water partition coefficient (Wildman–Crippen LogP) is 10.9. The zero-order chi connectivity index (χ0) is 31.7. The van der Waals surface area contributed by atoms with Gasteiger partial charge in [-0.1, -0.05) is 108 Å². The molecule has 1 rings (SSSR count). The standard InChI is InChI=1S/C22H35N3.C8H16O2.C3H8.C2H6/c1-7-10-20(15-23-6)22(9-3)25-16-24-21-13-11-19(12-14-21)18(5)17(4)8-2;1-6(2)7(9)10-8(3,4)5;1-3-2;1-2/h11-15,17-18,24H,6-10,16H2,1-5H3;6H,1-5H3;3H2,1-2H3;1-2H3/b20-15-,25-22-;;;. The minimum Gasteiger partial charge on any atom is -0.460 e. The van der Waals surface area contributed by atoms with E-state index in [1.807, 2.05) is 54.7 Å². The van der Waals surface area contributed by atoms with Gasteiger partial charge in [-0.2, -0.15) is 0 Å². The summed E-state index contributed by atoms with van der Waals surface area (Å²) < 4.78 is 5.06. The Morgan fingerprint density at radius 3 is 1.88 bits per heavy atom. The first-order valence-electron chi connectivity index (χ1n) is 15.6. The first-order chi connectivity index (χ1) is 18.8. The molecule has 0 aliphatic rings. The maximum absolute atomic E-state index is 10.9. The lowest BCUT2D eigenvalue weighted by molar-refractivity contribution is -0.158. The number of esters is 1. The van der Waals surface area contributed by atoms with E-state index in [1.165, 1.54) is 24.0 Å². The molecule has 0 spiro atoms. The van der Waals surface area contributed by atoms with Crippen molar-refractivity contribution in [2.24, 2.45) is 21.8 Å². The van der Waals surface area contributed by atoms with E-state index in [1.54, 1.807) is 0 Å². The van der Waals surface area contributed by atoms with Gasteiger partial charge in [0.05, 0.1) is 5.92 Å². The molecule has 0 aromatic heterocycles. The third kappa shape index (κ3) is 21.4. The number of carbonyl (C=O) groups is 1. The lowest BCUT2D eigenvalue weighted by atomic mass is 9.87. The van der Waals surface area contributed by atoms with Crippen molar-refractivity contribution in [1.29, 1.82) is 0 Å². The van der Waals surface area contributed by atoms with Crippen molar-refractivity contribution in [3.8, 4) is 0 Å². The molecular weight excluding hydrogens is 494 g/mol. The van der Waals surface area contributed by atoms with Gasteiger partial charge in [0, 0.05) is 17.6 Å². The molecule has 232 valence electrons. The van der Waals surface area contributed by atoms with Crippen LogP contribution >= 0.6 is 0 Å². The molecule has 0 radical (unpaired) electrons. The number of allylic oxidation sites excluding steroid dienone is 1. The van der Waals surface area contributed by atoms with Crippen LogP contribution in [0.1, 0.15) is 141 Å². The number of hydrogen-bond donors (Lipinski definition) is 1. The minimum absolute atomic E-state index is 0.0285. The average Bonchev–Trinajstić information content (AvgIpc) is 2.91.